The third kappa shape index (κ3) is 3.01. The number of amides is 1. The van der Waals surface area contributed by atoms with Crippen LogP contribution < -0.4 is 0 Å². The first-order valence-electron chi connectivity index (χ1n) is 8.04. The van der Waals surface area contributed by atoms with Gasteiger partial charge in [-0.2, -0.15) is 0 Å². The minimum Gasteiger partial charge on any atom is -0.339 e. The maximum atomic E-state index is 12.7. The van der Waals surface area contributed by atoms with Crippen molar-refractivity contribution >= 4 is 22.2 Å². The maximum Gasteiger partial charge on any atom is 0.228 e. The average Bonchev–Trinajstić information content (AvgIpc) is 3.24. The number of aromatic nitrogens is 2. The second kappa shape index (κ2) is 6.16. The number of likely N-dealkylation sites (tertiary alicyclic amines) is 1. The molecule has 4 nitrogen and oxygen atoms in total. The molecule has 0 saturated carbocycles. The van der Waals surface area contributed by atoms with Crippen LogP contribution in [-0.2, 0) is 17.6 Å². The highest BCUT2D eigenvalue weighted by Crippen LogP contribution is 2.22. The molecule has 1 saturated heterocycles. The van der Waals surface area contributed by atoms with Crippen molar-refractivity contribution in [3.05, 3.63) is 59.4 Å². The van der Waals surface area contributed by atoms with Gasteiger partial charge in [0.05, 0.1) is 12.1 Å². The molecule has 1 fully saturated rings. The van der Waals surface area contributed by atoms with E-state index >= 15 is 0 Å². The lowest BCUT2D eigenvalue weighted by Crippen LogP contribution is -2.37. The highest BCUT2D eigenvalue weighted by Gasteiger charge is 2.29. The van der Waals surface area contributed by atoms with Gasteiger partial charge in [-0.05, 0) is 24.8 Å². The van der Waals surface area contributed by atoms with E-state index in [0.29, 0.717) is 12.5 Å². The van der Waals surface area contributed by atoms with E-state index in [1.165, 1.54) is 5.56 Å². The van der Waals surface area contributed by atoms with Crippen LogP contribution in [0.5, 0.6) is 0 Å². The van der Waals surface area contributed by atoms with E-state index in [2.05, 4.69) is 34.1 Å². The second-order valence-corrected chi connectivity index (χ2v) is 6.95. The summed E-state index contributed by atoms with van der Waals surface area (Å²) in [6.45, 7) is 0.874. The van der Waals surface area contributed by atoms with E-state index in [9.17, 15) is 4.79 Å². The van der Waals surface area contributed by atoms with Crippen LogP contribution in [0.25, 0.3) is 4.96 Å². The SMILES string of the molecule is O=C(Cc1cn2ccsc2n1)N1CCC[C@@H]1Cc1ccccc1. The summed E-state index contributed by atoms with van der Waals surface area (Å²) in [4.78, 5) is 20.2. The van der Waals surface area contributed by atoms with Gasteiger partial charge in [-0.3, -0.25) is 9.20 Å². The summed E-state index contributed by atoms with van der Waals surface area (Å²) in [7, 11) is 0. The van der Waals surface area contributed by atoms with E-state index in [1.807, 2.05) is 28.2 Å². The van der Waals surface area contributed by atoms with Crippen LogP contribution in [0.1, 0.15) is 24.1 Å². The summed E-state index contributed by atoms with van der Waals surface area (Å²) in [6, 6.07) is 10.8. The van der Waals surface area contributed by atoms with Crippen LogP contribution in [0, 0.1) is 0 Å². The van der Waals surface area contributed by atoms with E-state index in [1.54, 1.807) is 11.3 Å². The Balaban J connectivity index is 1.45. The van der Waals surface area contributed by atoms with Crippen molar-refractivity contribution < 1.29 is 4.79 Å². The van der Waals surface area contributed by atoms with Gasteiger partial charge in [0.25, 0.3) is 0 Å². The van der Waals surface area contributed by atoms with Gasteiger partial charge in [0.2, 0.25) is 5.91 Å². The number of rotatable bonds is 4. The maximum absolute atomic E-state index is 12.7. The lowest BCUT2D eigenvalue weighted by Gasteiger charge is -2.24. The number of thiazole rings is 1. The number of carbonyl (C=O) groups excluding carboxylic acids is 1. The van der Waals surface area contributed by atoms with Crippen LogP contribution in [0.2, 0.25) is 0 Å². The second-order valence-electron chi connectivity index (χ2n) is 6.07. The minimum atomic E-state index is 0.203. The number of fused-ring (bicyclic) bond motifs is 1. The van der Waals surface area contributed by atoms with Gasteiger partial charge in [-0.25, -0.2) is 4.98 Å². The van der Waals surface area contributed by atoms with Crippen LogP contribution in [0.4, 0.5) is 0 Å². The molecule has 1 aliphatic rings. The molecule has 1 aromatic carbocycles. The number of imidazole rings is 1. The number of hydrogen-bond acceptors (Lipinski definition) is 3. The molecule has 5 heteroatoms. The molecule has 2 aromatic heterocycles. The third-order valence-corrected chi connectivity index (χ3v) is 5.26. The molecule has 1 atom stereocenters. The van der Waals surface area contributed by atoms with Crippen molar-refractivity contribution in [1.29, 1.82) is 0 Å². The Labute approximate surface area is 139 Å². The van der Waals surface area contributed by atoms with Crippen LogP contribution >= 0.6 is 11.3 Å². The van der Waals surface area contributed by atoms with Crippen LogP contribution in [0.15, 0.2) is 48.1 Å². The summed E-state index contributed by atoms with van der Waals surface area (Å²) in [6.07, 6.45) is 7.49. The summed E-state index contributed by atoms with van der Waals surface area (Å²) >= 11 is 1.60. The molecule has 1 aliphatic heterocycles. The molecule has 0 unspecified atom stereocenters. The summed E-state index contributed by atoms with van der Waals surface area (Å²) in [5, 5.41) is 2.00. The number of carbonyl (C=O) groups is 1. The Morgan fingerprint density at radius 1 is 1.30 bits per heavy atom. The first-order chi connectivity index (χ1) is 11.3. The zero-order chi connectivity index (χ0) is 15.6. The van der Waals surface area contributed by atoms with Crippen molar-refractivity contribution in [3.63, 3.8) is 0 Å². The molecule has 23 heavy (non-hydrogen) atoms. The normalized spacial score (nSPS) is 17.9. The van der Waals surface area contributed by atoms with Crippen molar-refractivity contribution in [1.82, 2.24) is 14.3 Å². The van der Waals surface area contributed by atoms with E-state index in [0.717, 1.165) is 36.5 Å². The molecule has 0 spiro atoms. The zero-order valence-electron chi connectivity index (χ0n) is 12.9. The monoisotopic (exact) mass is 325 g/mol. The fourth-order valence-corrected chi connectivity index (χ4v) is 4.10. The van der Waals surface area contributed by atoms with E-state index in [-0.39, 0.29) is 5.91 Å². The standard InChI is InChI=1S/C18H19N3OS/c22-17(12-15-13-20-9-10-23-18(20)19-15)21-8-4-7-16(21)11-14-5-2-1-3-6-14/h1-3,5-6,9-10,13,16H,4,7-8,11-12H2/t16-/m1/s1. The fourth-order valence-electron chi connectivity index (χ4n) is 3.38. The number of benzene rings is 1. The predicted molar refractivity (Wildman–Crippen MR) is 91.7 cm³/mol. The Hall–Kier alpha value is -2.14. The summed E-state index contributed by atoms with van der Waals surface area (Å²) in [5.41, 5.74) is 2.17. The Kier molecular flexibility index (Phi) is 3.87. The smallest absolute Gasteiger partial charge is 0.228 e. The van der Waals surface area contributed by atoms with Gasteiger partial charge in [0.15, 0.2) is 4.96 Å². The van der Waals surface area contributed by atoms with Gasteiger partial charge in [-0.1, -0.05) is 30.3 Å². The van der Waals surface area contributed by atoms with Crippen molar-refractivity contribution in [2.24, 2.45) is 0 Å². The topological polar surface area (TPSA) is 37.6 Å². The molecule has 0 bridgehead atoms. The molecule has 4 rings (SSSR count). The molecule has 0 radical (unpaired) electrons. The van der Waals surface area contributed by atoms with Gasteiger partial charge in [-0.15, -0.1) is 11.3 Å². The number of hydrogen-bond donors (Lipinski definition) is 0. The van der Waals surface area contributed by atoms with Crippen molar-refractivity contribution in [3.8, 4) is 0 Å². The quantitative estimate of drug-likeness (QED) is 0.739. The number of nitrogens with zero attached hydrogens (tertiary/aromatic N) is 3. The van der Waals surface area contributed by atoms with Crippen molar-refractivity contribution in [2.75, 3.05) is 6.54 Å². The van der Waals surface area contributed by atoms with Gasteiger partial charge >= 0.3 is 0 Å². The molecule has 3 aromatic rings. The minimum absolute atomic E-state index is 0.203. The van der Waals surface area contributed by atoms with Gasteiger partial charge in [0.1, 0.15) is 0 Å². The van der Waals surface area contributed by atoms with Gasteiger partial charge in [0, 0.05) is 30.4 Å². The summed E-state index contributed by atoms with van der Waals surface area (Å²) < 4.78 is 1.98. The Morgan fingerprint density at radius 3 is 3.00 bits per heavy atom. The molecule has 3 heterocycles. The lowest BCUT2D eigenvalue weighted by molar-refractivity contribution is -0.131. The molecule has 1 amide bonds. The molecular formula is C18H19N3OS. The molecule has 0 aliphatic carbocycles. The van der Waals surface area contributed by atoms with Crippen molar-refractivity contribution in [2.45, 2.75) is 31.7 Å². The Bertz CT molecular complexity index is 779. The zero-order valence-corrected chi connectivity index (χ0v) is 13.7. The molecule has 0 N–H and O–H groups in total. The molecular weight excluding hydrogens is 306 g/mol. The highest BCUT2D eigenvalue weighted by atomic mass is 32.1. The highest BCUT2D eigenvalue weighted by molar-refractivity contribution is 7.15. The average molecular weight is 325 g/mol. The first kappa shape index (κ1) is 14.5. The fraction of sp³-hybridized carbons (Fsp3) is 0.333. The predicted octanol–water partition coefficient (Wildman–Crippen LogP) is 3.17. The molecule has 118 valence electrons. The van der Waals surface area contributed by atoms with Crippen LogP contribution in [0.3, 0.4) is 0 Å². The Morgan fingerprint density at radius 2 is 2.17 bits per heavy atom. The third-order valence-electron chi connectivity index (χ3n) is 4.49. The van der Waals surface area contributed by atoms with E-state index in [4.69, 9.17) is 0 Å². The largest absolute Gasteiger partial charge is 0.339 e. The van der Waals surface area contributed by atoms with Gasteiger partial charge < -0.3 is 4.90 Å². The summed E-state index contributed by atoms with van der Waals surface area (Å²) in [5.74, 6) is 0.203. The van der Waals surface area contributed by atoms with Crippen LogP contribution in [-0.4, -0.2) is 32.8 Å². The van der Waals surface area contributed by atoms with E-state index < -0.39 is 0 Å². The first-order valence-corrected chi connectivity index (χ1v) is 8.92. The lowest BCUT2D eigenvalue weighted by atomic mass is 10.0.